The maximum atomic E-state index is 11.3. The topological polar surface area (TPSA) is 55.1 Å². The number of aliphatic carboxylic acids is 1. The molecule has 2 heterocycles. The van der Waals surface area contributed by atoms with Crippen molar-refractivity contribution < 1.29 is 9.90 Å². The van der Waals surface area contributed by atoms with Gasteiger partial charge in [0.15, 0.2) is 0 Å². The maximum Gasteiger partial charge on any atom is 0.320 e. The van der Waals surface area contributed by atoms with Gasteiger partial charge in [-0.15, -0.1) is 11.8 Å². The summed E-state index contributed by atoms with van der Waals surface area (Å²) in [6, 6.07) is 0. The summed E-state index contributed by atoms with van der Waals surface area (Å²) in [7, 11) is 1.85. The summed E-state index contributed by atoms with van der Waals surface area (Å²) < 4.78 is 1.10. The molecule has 0 saturated carbocycles. The molecule has 1 unspecified atom stereocenters. The molecule has 0 aliphatic carbocycles. The summed E-state index contributed by atoms with van der Waals surface area (Å²) in [6.07, 6.45) is 5.99. The predicted octanol–water partition coefficient (Wildman–Crippen LogP) is 1.31. The molecular weight excluding hydrogens is 212 g/mol. The average molecular weight is 226 g/mol. The van der Waals surface area contributed by atoms with E-state index in [1.165, 1.54) is 0 Å². The molecule has 1 N–H and O–H groups in total. The molecule has 4 nitrogen and oxygen atoms in total. The molecule has 1 aliphatic heterocycles. The zero-order valence-electron chi connectivity index (χ0n) is 8.64. The van der Waals surface area contributed by atoms with Gasteiger partial charge >= 0.3 is 5.97 Å². The van der Waals surface area contributed by atoms with E-state index in [9.17, 15) is 9.90 Å². The van der Waals surface area contributed by atoms with Crippen LogP contribution in [0.2, 0.25) is 0 Å². The van der Waals surface area contributed by atoms with Crippen LogP contribution in [0.25, 0.3) is 0 Å². The van der Waals surface area contributed by atoms with Crippen molar-refractivity contribution in [2.45, 2.75) is 24.0 Å². The highest BCUT2D eigenvalue weighted by atomic mass is 32.2. The number of hydrogen-bond donors (Lipinski definition) is 1. The standard InChI is InChI=1S/C10H14N2O2S/c1-12-7-8(6-11-12)5-10(9(13)14)3-2-4-15-10/h6-7H,2-5H2,1H3,(H,13,14). The monoisotopic (exact) mass is 226 g/mol. The zero-order valence-corrected chi connectivity index (χ0v) is 9.46. The fourth-order valence-corrected chi connectivity index (χ4v) is 3.33. The van der Waals surface area contributed by atoms with E-state index in [0.29, 0.717) is 6.42 Å². The van der Waals surface area contributed by atoms with Crippen LogP contribution in [0.1, 0.15) is 18.4 Å². The first kappa shape index (κ1) is 10.5. The Morgan fingerprint density at radius 2 is 2.60 bits per heavy atom. The van der Waals surface area contributed by atoms with E-state index in [4.69, 9.17) is 0 Å². The van der Waals surface area contributed by atoms with E-state index < -0.39 is 10.7 Å². The lowest BCUT2D eigenvalue weighted by molar-refractivity contribution is -0.139. The van der Waals surface area contributed by atoms with Crippen LogP contribution in [0.4, 0.5) is 0 Å². The Kier molecular flexibility index (Phi) is 2.73. The predicted molar refractivity (Wildman–Crippen MR) is 59.0 cm³/mol. The molecule has 82 valence electrons. The van der Waals surface area contributed by atoms with Crippen molar-refractivity contribution in [1.82, 2.24) is 9.78 Å². The van der Waals surface area contributed by atoms with Crippen LogP contribution in [0.3, 0.4) is 0 Å². The van der Waals surface area contributed by atoms with Gasteiger partial charge in [-0.3, -0.25) is 9.48 Å². The molecule has 0 spiro atoms. The van der Waals surface area contributed by atoms with Crippen molar-refractivity contribution in [3.63, 3.8) is 0 Å². The molecule has 0 radical (unpaired) electrons. The highest BCUT2D eigenvalue weighted by molar-refractivity contribution is 8.01. The van der Waals surface area contributed by atoms with E-state index in [0.717, 1.165) is 24.2 Å². The molecule has 1 aromatic heterocycles. The van der Waals surface area contributed by atoms with Crippen LogP contribution in [0, 0.1) is 0 Å². The van der Waals surface area contributed by atoms with Gasteiger partial charge in [-0.25, -0.2) is 0 Å². The Morgan fingerprint density at radius 1 is 1.80 bits per heavy atom. The molecule has 15 heavy (non-hydrogen) atoms. The second-order valence-electron chi connectivity index (χ2n) is 3.95. The van der Waals surface area contributed by atoms with Crippen molar-refractivity contribution in [3.8, 4) is 0 Å². The van der Waals surface area contributed by atoms with Crippen LogP contribution in [0.5, 0.6) is 0 Å². The summed E-state index contributed by atoms with van der Waals surface area (Å²) >= 11 is 1.57. The summed E-state index contributed by atoms with van der Waals surface area (Å²) in [4.78, 5) is 11.3. The Bertz CT molecular complexity index is 369. The van der Waals surface area contributed by atoms with E-state index in [1.807, 2.05) is 13.2 Å². The van der Waals surface area contributed by atoms with Crippen LogP contribution in [-0.4, -0.2) is 31.4 Å². The minimum Gasteiger partial charge on any atom is -0.480 e. The quantitative estimate of drug-likeness (QED) is 0.844. The third-order valence-electron chi connectivity index (χ3n) is 2.74. The molecule has 1 atom stereocenters. The van der Waals surface area contributed by atoms with Crippen molar-refractivity contribution >= 4 is 17.7 Å². The SMILES string of the molecule is Cn1cc(CC2(C(=O)O)CCCS2)cn1. The van der Waals surface area contributed by atoms with Crippen molar-refractivity contribution in [1.29, 1.82) is 0 Å². The van der Waals surface area contributed by atoms with Crippen LogP contribution in [-0.2, 0) is 18.3 Å². The summed E-state index contributed by atoms with van der Waals surface area (Å²) in [5.74, 6) is 0.265. The number of rotatable bonds is 3. The molecule has 1 fully saturated rings. The normalized spacial score (nSPS) is 25.7. The highest BCUT2D eigenvalue weighted by Crippen LogP contribution is 2.40. The number of carboxylic acid groups (broad SMARTS) is 1. The first-order valence-corrected chi connectivity index (χ1v) is 5.96. The Labute approximate surface area is 92.7 Å². The number of thioether (sulfide) groups is 1. The van der Waals surface area contributed by atoms with E-state index in [2.05, 4.69) is 5.10 Å². The zero-order chi connectivity index (χ0) is 10.9. The Balaban J connectivity index is 2.17. The lowest BCUT2D eigenvalue weighted by Gasteiger charge is -2.21. The molecule has 0 amide bonds. The fraction of sp³-hybridized carbons (Fsp3) is 0.600. The molecule has 1 aromatic rings. The third kappa shape index (κ3) is 2.02. The average Bonchev–Trinajstić information content (AvgIpc) is 2.77. The fourth-order valence-electron chi connectivity index (χ4n) is 1.97. The second-order valence-corrected chi connectivity index (χ2v) is 5.43. The smallest absolute Gasteiger partial charge is 0.320 e. The number of nitrogens with zero attached hydrogens (tertiary/aromatic N) is 2. The molecular formula is C10H14N2O2S. The number of carboxylic acids is 1. The summed E-state index contributed by atoms with van der Waals surface area (Å²) in [5, 5.41) is 13.3. The van der Waals surface area contributed by atoms with Gasteiger partial charge in [0.25, 0.3) is 0 Å². The van der Waals surface area contributed by atoms with Gasteiger partial charge in [0.2, 0.25) is 0 Å². The Morgan fingerprint density at radius 3 is 3.07 bits per heavy atom. The first-order chi connectivity index (χ1) is 7.12. The lowest BCUT2D eigenvalue weighted by atomic mass is 9.96. The van der Waals surface area contributed by atoms with Gasteiger partial charge < -0.3 is 5.11 Å². The molecule has 1 aliphatic rings. The summed E-state index contributed by atoms with van der Waals surface area (Å²) in [5.41, 5.74) is 1.01. The number of hydrogen-bond acceptors (Lipinski definition) is 3. The van der Waals surface area contributed by atoms with Crippen LogP contribution in [0.15, 0.2) is 12.4 Å². The van der Waals surface area contributed by atoms with Gasteiger partial charge in [0, 0.05) is 19.7 Å². The number of aromatic nitrogens is 2. The van der Waals surface area contributed by atoms with Crippen molar-refractivity contribution in [2.24, 2.45) is 7.05 Å². The lowest BCUT2D eigenvalue weighted by Crippen LogP contribution is -2.34. The third-order valence-corrected chi connectivity index (χ3v) is 4.31. The van der Waals surface area contributed by atoms with Crippen LogP contribution >= 0.6 is 11.8 Å². The van der Waals surface area contributed by atoms with Gasteiger partial charge in [-0.1, -0.05) is 0 Å². The van der Waals surface area contributed by atoms with E-state index >= 15 is 0 Å². The van der Waals surface area contributed by atoms with E-state index in [1.54, 1.807) is 22.6 Å². The van der Waals surface area contributed by atoms with Gasteiger partial charge in [0.05, 0.1) is 6.20 Å². The Hall–Kier alpha value is -0.970. The number of carbonyl (C=O) groups is 1. The second kappa shape index (κ2) is 3.89. The minimum absolute atomic E-state index is 0.584. The molecule has 5 heteroatoms. The minimum atomic E-state index is -0.686. The molecule has 2 rings (SSSR count). The van der Waals surface area contributed by atoms with Gasteiger partial charge in [0.1, 0.15) is 4.75 Å². The maximum absolute atomic E-state index is 11.3. The van der Waals surface area contributed by atoms with Crippen LogP contribution < -0.4 is 0 Å². The van der Waals surface area contributed by atoms with E-state index in [-0.39, 0.29) is 0 Å². The largest absolute Gasteiger partial charge is 0.480 e. The number of aryl methyl sites for hydroxylation is 1. The van der Waals surface area contributed by atoms with Crippen molar-refractivity contribution in [2.75, 3.05) is 5.75 Å². The molecule has 0 aromatic carbocycles. The first-order valence-electron chi connectivity index (χ1n) is 4.97. The molecule has 1 saturated heterocycles. The highest BCUT2D eigenvalue weighted by Gasteiger charge is 2.42. The van der Waals surface area contributed by atoms with Gasteiger partial charge in [-0.05, 0) is 24.2 Å². The molecule has 0 bridgehead atoms. The van der Waals surface area contributed by atoms with Crippen molar-refractivity contribution in [3.05, 3.63) is 18.0 Å². The van der Waals surface area contributed by atoms with Gasteiger partial charge in [-0.2, -0.15) is 5.10 Å². The summed E-state index contributed by atoms with van der Waals surface area (Å²) in [6.45, 7) is 0.